The lowest BCUT2D eigenvalue weighted by Gasteiger charge is -2.22. The molecule has 2 N–H and O–H groups in total. The molecule has 0 radical (unpaired) electrons. The number of anilines is 1. The van der Waals surface area contributed by atoms with Crippen LogP contribution in [0.15, 0.2) is 36.4 Å². The third-order valence-corrected chi connectivity index (χ3v) is 4.42. The first-order valence-corrected chi connectivity index (χ1v) is 7.66. The molecule has 1 atom stereocenters. The number of hydrogen-bond donors (Lipinski definition) is 1. The maximum absolute atomic E-state index is 5.95. The Morgan fingerprint density at radius 3 is 2.71 bits per heavy atom. The van der Waals surface area contributed by atoms with Crippen LogP contribution in [0.1, 0.15) is 34.7 Å². The Morgan fingerprint density at radius 1 is 1.24 bits per heavy atom. The first kappa shape index (κ1) is 14.1. The summed E-state index contributed by atoms with van der Waals surface area (Å²) in [5.41, 5.74) is 10.9. The van der Waals surface area contributed by atoms with E-state index >= 15 is 0 Å². The van der Waals surface area contributed by atoms with E-state index in [0.29, 0.717) is 12.5 Å². The molecule has 3 rings (SSSR count). The van der Waals surface area contributed by atoms with Gasteiger partial charge in [-0.05, 0) is 37.5 Å². The molecule has 0 aliphatic carbocycles. The molecule has 1 unspecified atom stereocenters. The fourth-order valence-electron chi connectivity index (χ4n) is 3.31. The van der Waals surface area contributed by atoms with Crippen LogP contribution < -0.4 is 10.6 Å². The zero-order valence-corrected chi connectivity index (χ0v) is 12.8. The van der Waals surface area contributed by atoms with Gasteiger partial charge in [0, 0.05) is 36.8 Å². The van der Waals surface area contributed by atoms with Gasteiger partial charge >= 0.3 is 0 Å². The van der Waals surface area contributed by atoms with Crippen molar-refractivity contribution in [1.82, 2.24) is 4.98 Å². The maximum atomic E-state index is 5.95. The van der Waals surface area contributed by atoms with Crippen LogP contribution in [0.4, 0.5) is 5.82 Å². The van der Waals surface area contributed by atoms with E-state index in [1.807, 2.05) is 0 Å². The SMILES string of the molecule is Cc1cc(C)c(CN)c(N2CCC(c3ccccc3)C2)n1. The minimum absolute atomic E-state index is 0.556. The first-order chi connectivity index (χ1) is 10.2. The number of nitrogens with zero attached hydrogens (tertiary/aromatic N) is 2. The van der Waals surface area contributed by atoms with Crippen molar-refractivity contribution in [1.29, 1.82) is 0 Å². The van der Waals surface area contributed by atoms with Crippen LogP contribution >= 0.6 is 0 Å². The van der Waals surface area contributed by atoms with Crippen molar-refractivity contribution in [2.75, 3.05) is 18.0 Å². The molecule has 110 valence electrons. The van der Waals surface area contributed by atoms with Gasteiger partial charge in [0.2, 0.25) is 0 Å². The van der Waals surface area contributed by atoms with E-state index in [4.69, 9.17) is 10.7 Å². The molecule has 1 aliphatic rings. The highest BCUT2D eigenvalue weighted by atomic mass is 15.2. The van der Waals surface area contributed by atoms with Crippen LogP contribution in [0.5, 0.6) is 0 Å². The normalized spacial score (nSPS) is 18.2. The molecule has 1 fully saturated rings. The molecule has 0 spiro atoms. The number of nitrogens with two attached hydrogens (primary N) is 1. The van der Waals surface area contributed by atoms with Crippen LogP contribution in [-0.4, -0.2) is 18.1 Å². The highest BCUT2D eigenvalue weighted by Gasteiger charge is 2.26. The highest BCUT2D eigenvalue weighted by Crippen LogP contribution is 2.32. The molecule has 0 amide bonds. The summed E-state index contributed by atoms with van der Waals surface area (Å²) in [6, 6.07) is 12.9. The summed E-state index contributed by atoms with van der Waals surface area (Å²) in [6.45, 7) is 6.84. The van der Waals surface area contributed by atoms with Gasteiger partial charge in [0.05, 0.1) is 0 Å². The Hall–Kier alpha value is -1.87. The number of rotatable bonds is 3. The molecule has 1 aliphatic heterocycles. The van der Waals surface area contributed by atoms with Crippen LogP contribution in [0.25, 0.3) is 0 Å². The van der Waals surface area contributed by atoms with E-state index < -0.39 is 0 Å². The zero-order chi connectivity index (χ0) is 14.8. The summed E-state index contributed by atoms with van der Waals surface area (Å²) >= 11 is 0. The van der Waals surface area contributed by atoms with Crippen molar-refractivity contribution in [3.05, 3.63) is 58.8 Å². The Morgan fingerprint density at radius 2 is 2.00 bits per heavy atom. The summed E-state index contributed by atoms with van der Waals surface area (Å²) in [4.78, 5) is 7.16. The van der Waals surface area contributed by atoms with Gasteiger partial charge in [-0.25, -0.2) is 4.98 Å². The van der Waals surface area contributed by atoms with Crippen LogP contribution in [-0.2, 0) is 6.54 Å². The lowest BCUT2D eigenvalue weighted by Crippen LogP contribution is -2.23. The van der Waals surface area contributed by atoms with E-state index in [-0.39, 0.29) is 0 Å². The lowest BCUT2D eigenvalue weighted by molar-refractivity contribution is 0.773. The summed E-state index contributed by atoms with van der Waals surface area (Å²) in [5.74, 6) is 1.69. The molecule has 21 heavy (non-hydrogen) atoms. The van der Waals surface area contributed by atoms with Gasteiger partial charge in [-0.3, -0.25) is 0 Å². The molecular weight excluding hydrogens is 258 g/mol. The number of benzene rings is 1. The smallest absolute Gasteiger partial charge is 0.133 e. The van der Waals surface area contributed by atoms with Crippen molar-refractivity contribution in [2.24, 2.45) is 5.73 Å². The van der Waals surface area contributed by atoms with Gasteiger partial charge in [0.15, 0.2) is 0 Å². The van der Waals surface area contributed by atoms with Gasteiger partial charge in [0.25, 0.3) is 0 Å². The fourth-order valence-corrected chi connectivity index (χ4v) is 3.31. The molecule has 1 aromatic heterocycles. The number of hydrogen-bond acceptors (Lipinski definition) is 3. The largest absolute Gasteiger partial charge is 0.356 e. The van der Waals surface area contributed by atoms with Crippen molar-refractivity contribution in [2.45, 2.75) is 32.7 Å². The minimum atomic E-state index is 0.556. The van der Waals surface area contributed by atoms with Gasteiger partial charge in [0.1, 0.15) is 5.82 Å². The summed E-state index contributed by atoms with van der Waals surface area (Å²) in [6.07, 6.45) is 1.18. The van der Waals surface area contributed by atoms with Gasteiger partial charge in [-0.15, -0.1) is 0 Å². The topological polar surface area (TPSA) is 42.1 Å². The Labute approximate surface area is 126 Å². The van der Waals surface area contributed by atoms with Crippen molar-refractivity contribution in [3.63, 3.8) is 0 Å². The minimum Gasteiger partial charge on any atom is -0.356 e. The monoisotopic (exact) mass is 281 g/mol. The van der Waals surface area contributed by atoms with Gasteiger partial charge in [-0.2, -0.15) is 0 Å². The zero-order valence-electron chi connectivity index (χ0n) is 12.8. The maximum Gasteiger partial charge on any atom is 0.133 e. The second-order valence-electron chi connectivity index (χ2n) is 5.93. The lowest BCUT2D eigenvalue weighted by atomic mass is 9.99. The third kappa shape index (κ3) is 2.79. The van der Waals surface area contributed by atoms with Crippen molar-refractivity contribution >= 4 is 5.82 Å². The summed E-state index contributed by atoms with van der Waals surface area (Å²) in [5, 5.41) is 0. The predicted molar refractivity (Wildman–Crippen MR) is 87.6 cm³/mol. The van der Waals surface area contributed by atoms with Crippen molar-refractivity contribution < 1.29 is 0 Å². The third-order valence-electron chi connectivity index (χ3n) is 4.42. The molecule has 0 bridgehead atoms. The van der Waals surface area contributed by atoms with E-state index in [0.717, 1.165) is 24.6 Å². The Kier molecular flexibility index (Phi) is 3.93. The second-order valence-corrected chi connectivity index (χ2v) is 5.93. The summed E-state index contributed by atoms with van der Waals surface area (Å²) < 4.78 is 0. The molecule has 0 saturated carbocycles. The number of aryl methyl sites for hydroxylation is 2. The summed E-state index contributed by atoms with van der Waals surface area (Å²) in [7, 11) is 0. The van der Waals surface area contributed by atoms with E-state index in [1.165, 1.54) is 23.1 Å². The molecular formula is C18H23N3. The molecule has 1 aromatic carbocycles. The standard InChI is InChI=1S/C18H23N3/c1-13-10-14(2)20-18(17(13)11-19)21-9-8-16(12-21)15-6-4-3-5-7-15/h3-7,10,16H,8-9,11-12,19H2,1-2H3. The predicted octanol–water partition coefficient (Wildman–Crippen LogP) is 3.15. The second kappa shape index (κ2) is 5.86. The van der Waals surface area contributed by atoms with E-state index in [9.17, 15) is 0 Å². The van der Waals surface area contributed by atoms with Crippen molar-refractivity contribution in [3.8, 4) is 0 Å². The van der Waals surface area contributed by atoms with Crippen LogP contribution in [0.3, 0.4) is 0 Å². The average Bonchev–Trinajstić information content (AvgIpc) is 2.97. The molecule has 1 saturated heterocycles. The fraction of sp³-hybridized carbons (Fsp3) is 0.389. The quantitative estimate of drug-likeness (QED) is 0.939. The van der Waals surface area contributed by atoms with E-state index in [1.54, 1.807) is 0 Å². The highest BCUT2D eigenvalue weighted by molar-refractivity contribution is 5.53. The molecule has 2 aromatic rings. The molecule has 3 heteroatoms. The van der Waals surface area contributed by atoms with Crippen LogP contribution in [0.2, 0.25) is 0 Å². The van der Waals surface area contributed by atoms with Gasteiger partial charge in [-0.1, -0.05) is 30.3 Å². The average molecular weight is 281 g/mol. The molecule has 2 heterocycles. The number of pyridine rings is 1. The van der Waals surface area contributed by atoms with Crippen LogP contribution in [0, 0.1) is 13.8 Å². The molecule has 3 nitrogen and oxygen atoms in total. The van der Waals surface area contributed by atoms with E-state index in [2.05, 4.69) is 55.1 Å². The van der Waals surface area contributed by atoms with Gasteiger partial charge < -0.3 is 10.6 Å². The first-order valence-electron chi connectivity index (χ1n) is 7.66. The Balaban J connectivity index is 1.87. The number of aromatic nitrogens is 1. The Bertz CT molecular complexity index is 622.